The van der Waals surface area contributed by atoms with Crippen LogP contribution in [0.3, 0.4) is 0 Å². The van der Waals surface area contributed by atoms with Crippen molar-refractivity contribution >= 4 is 17.5 Å². The molecule has 0 saturated heterocycles. The molecule has 4 rings (SSSR count). The number of ketones is 1. The highest BCUT2D eigenvalue weighted by molar-refractivity contribution is 7.99. The fourth-order valence-corrected chi connectivity index (χ4v) is 4.17. The van der Waals surface area contributed by atoms with E-state index >= 15 is 0 Å². The molecule has 0 atom stereocenters. The molecule has 0 aliphatic carbocycles. The topological polar surface area (TPSA) is 75.5 Å². The SMILES string of the molecule is COc1ccc(-n2c(SCC(=O)c3ccccc3)nnc2-c2ccc(OC)c(OC)c2)cc1. The molecule has 3 aromatic carbocycles. The molecule has 0 N–H and O–H groups in total. The molecule has 7 nitrogen and oxygen atoms in total. The number of aromatic nitrogens is 3. The molecule has 8 heteroatoms. The number of rotatable bonds is 9. The number of nitrogens with zero attached hydrogens (tertiary/aromatic N) is 3. The minimum atomic E-state index is 0.0255. The van der Waals surface area contributed by atoms with Crippen molar-refractivity contribution in [2.24, 2.45) is 0 Å². The molecule has 0 aliphatic heterocycles. The van der Waals surface area contributed by atoms with Gasteiger partial charge in [-0.05, 0) is 42.5 Å². The molecule has 33 heavy (non-hydrogen) atoms. The van der Waals surface area contributed by atoms with Crippen molar-refractivity contribution in [1.29, 1.82) is 0 Å². The van der Waals surface area contributed by atoms with Crippen molar-refractivity contribution in [3.8, 4) is 34.3 Å². The van der Waals surface area contributed by atoms with E-state index in [1.165, 1.54) is 11.8 Å². The Balaban J connectivity index is 1.72. The number of thioether (sulfide) groups is 1. The average molecular weight is 462 g/mol. The number of benzene rings is 3. The van der Waals surface area contributed by atoms with E-state index in [2.05, 4.69) is 10.2 Å². The lowest BCUT2D eigenvalue weighted by molar-refractivity contribution is 0.102. The fraction of sp³-hybridized carbons (Fsp3) is 0.160. The van der Waals surface area contributed by atoms with Gasteiger partial charge in [-0.15, -0.1) is 10.2 Å². The highest BCUT2D eigenvalue weighted by Crippen LogP contribution is 2.34. The van der Waals surface area contributed by atoms with Crippen molar-refractivity contribution in [2.75, 3.05) is 27.1 Å². The summed E-state index contributed by atoms with van der Waals surface area (Å²) in [5.74, 6) is 2.85. The number of hydrogen-bond donors (Lipinski definition) is 0. The van der Waals surface area contributed by atoms with E-state index < -0.39 is 0 Å². The second kappa shape index (κ2) is 10.2. The molecule has 1 aromatic heterocycles. The van der Waals surface area contributed by atoms with Gasteiger partial charge in [-0.3, -0.25) is 9.36 Å². The molecule has 0 bridgehead atoms. The van der Waals surface area contributed by atoms with Crippen LogP contribution in [0.4, 0.5) is 0 Å². The number of methoxy groups -OCH3 is 3. The van der Waals surface area contributed by atoms with Crippen LogP contribution in [0, 0.1) is 0 Å². The molecule has 1 heterocycles. The van der Waals surface area contributed by atoms with Crippen LogP contribution in [-0.4, -0.2) is 47.6 Å². The third kappa shape index (κ3) is 4.85. The van der Waals surface area contributed by atoms with Gasteiger partial charge in [0.05, 0.1) is 27.1 Å². The van der Waals surface area contributed by atoms with E-state index in [1.54, 1.807) is 21.3 Å². The lowest BCUT2D eigenvalue weighted by Gasteiger charge is -2.13. The zero-order valence-corrected chi connectivity index (χ0v) is 19.3. The first kappa shape index (κ1) is 22.4. The van der Waals surface area contributed by atoms with Crippen molar-refractivity contribution in [3.05, 3.63) is 78.4 Å². The van der Waals surface area contributed by atoms with Crippen molar-refractivity contribution < 1.29 is 19.0 Å². The van der Waals surface area contributed by atoms with Gasteiger partial charge in [-0.1, -0.05) is 42.1 Å². The number of hydrogen-bond acceptors (Lipinski definition) is 7. The molecule has 4 aromatic rings. The van der Waals surface area contributed by atoms with Gasteiger partial charge in [0.2, 0.25) is 0 Å². The average Bonchev–Trinajstić information content (AvgIpc) is 3.31. The van der Waals surface area contributed by atoms with Crippen LogP contribution in [-0.2, 0) is 0 Å². The molecule has 168 valence electrons. The summed E-state index contributed by atoms with van der Waals surface area (Å²) in [7, 11) is 4.81. The van der Waals surface area contributed by atoms with Crippen molar-refractivity contribution in [3.63, 3.8) is 0 Å². The van der Waals surface area contributed by atoms with Crippen LogP contribution in [0.15, 0.2) is 78.0 Å². The molecule has 0 fully saturated rings. The Morgan fingerprint density at radius 1 is 0.848 bits per heavy atom. The lowest BCUT2D eigenvalue weighted by atomic mass is 10.2. The summed E-state index contributed by atoms with van der Waals surface area (Å²) >= 11 is 1.34. The zero-order chi connectivity index (χ0) is 23.2. The number of carbonyl (C=O) groups is 1. The second-order valence-electron chi connectivity index (χ2n) is 6.99. The molecule has 0 aliphatic rings. The smallest absolute Gasteiger partial charge is 0.196 e. The molecule has 0 radical (unpaired) electrons. The maximum absolute atomic E-state index is 12.7. The maximum Gasteiger partial charge on any atom is 0.196 e. The van der Waals surface area contributed by atoms with Crippen LogP contribution in [0.25, 0.3) is 17.1 Å². The third-order valence-electron chi connectivity index (χ3n) is 5.03. The molecule has 0 amide bonds. The molecule has 0 spiro atoms. The van der Waals surface area contributed by atoms with Crippen molar-refractivity contribution in [1.82, 2.24) is 14.8 Å². The third-order valence-corrected chi connectivity index (χ3v) is 5.96. The molecular formula is C25H23N3O4S. The van der Waals surface area contributed by atoms with Crippen LogP contribution >= 0.6 is 11.8 Å². The lowest BCUT2D eigenvalue weighted by Crippen LogP contribution is -2.05. The summed E-state index contributed by atoms with van der Waals surface area (Å²) in [6, 6.07) is 22.4. The summed E-state index contributed by atoms with van der Waals surface area (Å²) in [4.78, 5) is 12.7. The summed E-state index contributed by atoms with van der Waals surface area (Å²) in [5.41, 5.74) is 2.32. The summed E-state index contributed by atoms with van der Waals surface area (Å²) < 4.78 is 18.0. The Morgan fingerprint density at radius 2 is 1.58 bits per heavy atom. The number of ether oxygens (including phenoxy) is 3. The normalized spacial score (nSPS) is 10.6. The van der Waals surface area contributed by atoms with Crippen LogP contribution in [0.1, 0.15) is 10.4 Å². The van der Waals surface area contributed by atoms with E-state index in [0.29, 0.717) is 28.0 Å². The Labute approximate surface area is 196 Å². The summed E-state index contributed by atoms with van der Waals surface area (Å²) in [5, 5.41) is 9.44. The number of carbonyl (C=O) groups excluding carboxylic acids is 1. The molecule has 0 unspecified atom stereocenters. The zero-order valence-electron chi connectivity index (χ0n) is 18.5. The van der Waals surface area contributed by atoms with Gasteiger partial charge in [0.1, 0.15) is 5.75 Å². The fourth-order valence-electron chi connectivity index (χ4n) is 3.33. The van der Waals surface area contributed by atoms with Gasteiger partial charge in [-0.2, -0.15) is 0 Å². The predicted molar refractivity (Wildman–Crippen MR) is 128 cm³/mol. The highest BCUT2D eigenvalue weighted by atomic mass is 32.2. The standard InChI is InChI=1S/C25H23N3O4S/c1-30-20-12-10-19(11-13-20)28-24(18-9-14-22(31-2)23(15-18)32-3)26-27-25(28)33-16-21(29)17-7-5-4-6-8-17/h4-15H,16H2,1-3H3. The Bertz CT molecular complexity index is 1240. The Morgan fingerprint density at radius 3 is 2.24 bits per heavy atom. The molecular weight excluding hydrogens is 438 g/mol. The van der Waals surface area contributed by atoms with E-state index in [4.69, 9.17) is 14.2 Å². The van der Waals surface area contributed by atoms with Gasteiger partial charge < -0.3 is 14.2 Å². The van der Waals surface area contributed by atoms with Gasteiger partial charge in [-0.25, -0.2) is 0 Å². The first-order chi connectivity index (χ1) is 16.1. The van der Waals surface area contributed by atoms with Gasteiger partial charge >= 0.3 is 0 Å². The second-order valence-corrected chi connectivity index (χ2v) is 7.93. The van der Waals surface area contributed by atoms with E-state index in [9.17, 15) is 4.79 Å². The van der Waals surface area contributed by atoms with E-state index in [-0.39, 0.29) is 11.5 Å². The Kier molecular flexibility index (Phi) is 6.95. The molecule has 0 saturated carbocycles. The minimum Gasteiger partial charge on any atom is -0.497 e. The largest absolute Gasteiger partial charge is 0.497 e. The number of Topliss-reactive ketones (excluding diaryl/α,β-unsaturated/α-hetero) is 1. The maximum atomic E-state index is 12.7. The van der Waals surface area contributed by atoms with Gasteiger partial charge in [0.25, 0.3) is 0 Å². The predicted octanol–water partition coefficient (Wildman–Crippen LogP) is 4.94. The van der Waals surface area contributed by atoms with Crippen molar-refractivity contribution in [2.45, 2.75) is 5.16 Å². The van der Waals surface area contributed by atoms with Gasteiger partial charge in [0, 0.05) is 16.8 Å². The van der Waals surface area contributed by atoms with E-state index in [0.717, 1.165) is 17.0 Å². The first-order valence-corrected chi connectivity index (χ1v) is 11.2. The van der Waals surface area contributed by atoms with Crippen LogP contribution in [0.5, 0.6) is 17.2 Å². The first-order valence-electron chi connectivity index (χ1n) is 10.2. The van der Waals surface area contributed by atoms with Gasteiger partial charge in [0.15, 0.2) is 28.3 Å². The Hall–Kier alpha value is -3.78. The van der Waals surface area contributed by atoms with Crippen LogP contribution < -0.4 is 14.2 Å². The quantitative estimate of drug-likeness (QED) is 0.258. The minimum absolute atomic E-state index is 0.0255. The monoisotopic (exact) mass is 461 g/mol. The summed E-state index contributed by atoms with van der Waals surface area (Å²) in [6.45, 7) is 0. The van der Waals surface area contributed by atoms with E-state index in [1.807, 2.05) is 77.4 Å². The summed E-state index contributed by atoms with van der Waals surface area (Å²) in [6.07, 6.45) is 0. The van der Waals surface area contributed by atoms with Crippen LogP contribution in [0.2, 0.25) is 0 Å². The highest BCUT2D eigenvalue weighted by Gasteiger charge is 2.19.